The molecule has 0 saturated heterocycles. The van der Waals surface area contributed by atoms with Gasteiger partial charge in [-0.3, -0.25) is 0 Å². The van der Waals surface area contributed by atoms with Crippen LogP contribution in [0, 0.1) is 5.92 Å². The number of ether oxygens (including phenoxy) is 1. The molecular formula is C12H27NO. The summed E-state index contributed by atoms with van der Waals surface area (Å²) in [4.78, 5) is 0. The Labute approximate surface area is 89.4 Å². The first-order valence-corrected chi connectivity index (χ1v) is 5.95. The Morgan fingerprint density at radius 2 is 1.71 bits per heavy atom. The van der Waals surface area contributed by atoms with Gasteiger partial charge >= 0.3 is 0 Å². The fourth-order valence-corrected chi connectivity index (χ4v) is 1.43. The van der Waals surface area contributed by atoms with Gasteiger partial charge in [0.25, 0.3) is 0 Å². The van der Waals surface area contributed by atoms with E-state index in [1.54, 1.807) is 0 Å². The Hall–Kier alpha value is -0.0800. The molecule has 0 amide bonds. The molecule has 1 N–H and O–H groups in total. The fourth-order valence-electron chi connectivity index (χ4n) is 1.43. The third-order valence-electron chi connectivity index (χ3n) is 2.50. The van der Waals surface area contributed by atoms with Crippen molar-refractivity contribution in [1.29, 1.82) is 0 Å². The van der Waals surface area contributed by atoms with Crippen LogP contribution in [-0.2, 0) is 4.74 Å². The molecule has 0 fully saturated rings. The van der Waals surface area contributed by atoms with E-state index in [-0.39, 0.29) is 0 Å². The molecule has 0 rings (SSSR count). The Bertz CT molecular complexity index is 115. The van der Waals surface area contributed by atoms with Crippen molar-refractivity contribution in [3.63, 3.8) is 0 Å². The van der Waals surface area contributed by atoms with Gasteiger partial charge in [0.1, 0.15) is 0 Å². The second kappa shape index (κ2) is 9.47. The molecule has 86 valence electrons. The second-order valence-electron chi connectivity index (χ2n) is 4.36. The number of rotatable bonds is 9. The Kier molecular flexibility index (Phi) is 9.42. The summed E-state index contributed by atoms with van der Waals surface area (Å²) in [6.07, 6.45) is 4.82. The normalized spacial score (nSPS) is 13.5. The number of nitrogens with one attached hydrogen (secondary N) is 1. The zero-order chi connectivity index (χ0) is 10.8. The molecule has 2 heteroatoms. The number of hydrogen-bond acceptors (Lipinski definition) is 2. The monoisotopic (exact) mass is 201 g/mol. The molecule has 0 radical (unpaired) electrons. The van der Waals surface area contributed by atoms with Gasteiger partial charge in [-0.1, -0.05) is 27.2 Å². The van der Waals surface area contributed by atoms with E-state index in [2.05, 4.69) is 26.1 Å². The van der Waals surface area contributed by atoms with Crippen molar-refractivity contribution >= 4 is 0 Å². The van der Waals surface area contributed by atoms with Crippen molar-refractivity contribution < 1.29 is 4.74 Å². The molecule has 0 aromatic carbocycles. The highest BCUT2D eigenvalue weighted by atomic mass is 16.5. The molecule has 0 aromatic rings. The van der Waals surface area contributed by atoms with Gasteiger partial charge in [-0.2, -0.15) is 0 Å². The highest BCUT2D eigenvalue weighted by molar-refractivity contribution is 4.62. The average molecular weight is 201 g/mol. The van der Waals surface area contributed by atoms with Crippen LogP contribution in [0.5, 0.6) is 0 Å². The predicted molar refractivity (Wildman–Crippen MR) is 62.6 cm³/mol. The van der Waals surface area contributed by atoms with Crippen molar-refractivity contribution in [1.82, 2.24) is 5.32 Å². The molecular weight excluding hydrogens is 174 g/mol. The van der Waals surface area contributed by atoms with Crippen LogP contribution in [-0.4, -0.2) is 26.3 Å². The van der Waals surface area contributed by atoms with Crippen LogP contribution in [0.4, 0.5) is 0 Å². The van der Waals surface area contributed by atoms with Crippen LogP contribution in [0.1, 0.15) is 46.5 Å². The lowest BCUT2D eigenvalue weighted by molar-refractivity contribution is 0.114. The molecule has 0 aliphatic rings. The summed E-state index contributed by atoms with van der Waals surface area (Å²) in [5.41, 5.74) is 0. The van der Waals surface area contributed by atoms with E-state index in [1.165, 1.54) is 19.3 Å². The van der Waals surface area contributed by atoms with E-state index < -0.39 is 0 Å². The minimum atomic E-state index is 0.638. The molecule has 0 heterocycles. The maximum atomic E-state index is 5.58. The van der Waals surface area contributed by atoms with Crippen molar-refractivity contribution in [3.05, 3.63) is 0 Å². The van der Waals surface area contributed by atoms with E-state index in [9.17, 15) is 0 Å². The van der Waals surface area contributed by atoms with Crippen LogP contribution in [0.15, 0.2) is 0 Å². The minimum Gasteiger partial charge on any atom is -0.381 e. The Morgan fingerprint density at radius 1 is 1.07 bits per heavy atom. The van der Waals surface area contributed by atoms with Gasteiger partial charge in [0.05, 0.1) is 0 Å². The summed E-state index contributed by atoms with van der Waals surface area (Å²) in [6, 6.07) is 0.638. The highest BCUT2D eigenvalue weighted by Crippen LogP contribution is 2.03. The van der Waals surface area contributed by atoms with E-state index in [1.807, 2.05) is 7.05 Å². The third-order valence-corrected chi connectivity index (χ3v) is 2.50. The maximum Gasteiger partial charge on any atom is 0.0480 e. The predicted octanol–water partition coefficient (Wildman–Crippen LogP) is 2.83. The average Bonchev–Trinajstić information content (AvgIpc) is 2.15. The molecule has 0 aliphatic carbocycles. The number of hydrogen-bond donors (Lipinski definition) is 1. The lowest BCUT2D eigenvalue weighted by Gasteiger charge is -2.15. The second-order valence-corrected chi connectivity index (χ2v) is 4.36. The largest absolute Gasteiger partial charge is 0.381 e. The first kappa shape index (κ1) is 13.9. The summed E-state index contributed by atoms with van der Waals surface area (Å²) >= 11 is 0. The van der Waals surface area contributed by atoms with Crippen LogP contribution < -0.4 is 5.32 Å². The highest BCUT2D eigenvalue weighted by Gasteiger charge is 2.03. The standard InChI is InChI=1S/C12H27NO/c1-5-6-12(13-4)8-10-14-9-7-11(2)3/h11-13H,5-10H2,1-4H3. The van der Waals surface area contributed by atoms with Gasteiger partial charge < -0.3 is 10.1 Å². The van der Waals surface area contributed by atoms with Gasteiger partial charge in [-0.05, 0) is 32.2 Å². The van der Waals surface area contributed by atoms with Crippen molar-refractivity contribution in [3.8, 4) is 0 Å². The van der Waals surface area contributed by atoms with Gasteiger partial charge in [0.15, 0.2) is 0 Å². The van der Waals surface area contributed by atoms with Crippen LogP contribution in [0.25, 0.3) is 0 Å². The Morgan fingerprint density at radius 3 is 2.21 bits per heavy atom. The quantitative estimate of drug-likeness (QED) is 0.579. The van der Waals surface area contributed by atoms with Crippen molar-refractivity contribution in [2.75, 3.05) is 20.3 Å². The zero-order valence-corrected chi connectivity index (χ0v) is 10.3. The first-order chi connectivity index (χ1) is 6.70. The van der Waals surface area contributed by atoms with Crippen molar-refractivity contribution in [2.45, 2.75) is 52.5 Å². The minimum absolute atomic E-state index is 0.638. The van der Waals surface area contributed by atoms with Crippen LogP contribution in [0.3, 0.4) is 0 Å². The smallest absolute Gasteiger partial charge is 0.0480 e. The van der Waals surface area contributed by atoms with Crippen LogP contribution >= 0.6 is 0 Å². The van der Waals surface area contributed by atoms with E-state index in [4.69, 9.17) is 4.74 Å². The maximum absolute atomic E-state index is 5.58. The molecule has 0 bridgehead atoms. The van der Waals surface area contributed by atoms with Gasteiger partial charge in [-0.25, -0.2) is 0 Å². The summed E-state index contributed by atoms with van der Waals surface area (Å²) in [7, 11) is 2.04. The summed E-state index contributed by atoms with van der Waals surface area (Å²) in [5.74, 6) is 0.755. The summed E-state index contributed by atoms with van der Waals surface area (Å²) in [6.45, 7) is 8.51. The fraction of sp³-hybridized carbons (Fsp3) is 1.00. The SMILES string of the molecule is CCCC(CCOCCC(C)C)NC. The topological polar surface area (TPSA) is 21.3 Å². The van der Waals surface area contributed by atoms with E-state index in [0.29, 0.717) is 6.04 Å². The molecule has 1 atom stereocenters. The van der Waals surface area contributed by atoms with Crippen LogP contribution in [0.2, 0.25) is 0 Å². The molecule has 0 aliphatic heterocycles. The zero-order valence-electron chi connectivity index (χ0n) is 10.3. The molecule has 0 spiro atoms. The van der Waals surface area contributed by atoms with E-state index >= 15 is 0 Å². The molecule has 0 saturated carbocycles. The van der Waals surface area contributed by atoms with E-state index in [0.717, 1.165) is 25.6 Å². The summed E-state index contributed by atoms with van der Waals surface area (Å²) < 4.78 is 5.58. The molecule has 14 heavy (non-hydrogen) atoms. The van der Waals surface area contributed by atoms with Crippen molar-refractivity contribution in [2.24, 2.45) is 5.92 Å². The Balaban J connectivity index is 3.24. The molecule has 0 aromatic heterocycles. The van der Waals surface area contributed by atoms with Gasteiger partial charge in [0, 0.05) is 19.3 Å². The molecule has 2 nitrogen and oxygen atoms in total. The molecule has 1 unspecified atom stereocenters. The lowest BCUT2D eigenvalue weighted by atomic mass is 10.1. The third kappa shape index (κ3) is 8.52. The summed E-state index contributed by atoms with van der Waals surface area (Å²) in [5, 5.41) is 3.32. The van der Waals surface area contributed by atoms with Gasteiger partial charge in [0.2, 0.25) is 0 Å². The lowest BCUT2D eigenvalue weighted by Crippen LogP contribution is -2.26. The van der Waals surface area contributed by atoms with Gasteiger partial charge in [-0.15, -0.1) is 0 Å². The first-order valence-electron chi connectivity index (χ1n) is 5.95.